The molecular weight excluding hydrogens is 1920 g/mol. The molecule has 0 amide bonds. The Morgan fingerprint density at radius 3 is 1.01 bits per heavy atom. The summed E-state index contributed by atoms with van der Waals surface area (Å²) in [5.41, 5.74) is 11.5. The predicted molar refractivity (Wildman–Crippen MR) is 576 cm³/mol. The second-order valence-corrected chi connectivity index (χ2v) is 46.4. The van der Waals surface area contributed by atoms with E-state index in [4.69, 9.17) is 86.2 Å². The molecule has 3 unspecified atom stereocenters. The highest BCUT2D eigenvalue weighted by molar-refractivity contribution is 6.31. The summed E-state index contributed by atoms with van der Waals surface area (Å²) in [5.74, 6) is 7.72. The van der Waals surface area contributed by atoms with Crippen molar-refractivity contribution in [2.24, 2.45) is 27.1 Å². The Morgan fingerprint density at radius 1 is 0.359 bits per heavy atom. The second kappa shape index (κ2) is 51.0. The molecule has 0 saturated carbocycles. The maximum Gasteiger partial charge on any atom is 0.180 e. The number of hydrogen-bond donors (Lipinski definition) is 3. The standard InChI is InChI=1S/C24H35N5O3.C21H27ClN4O.C20H25ClN4O2.C20H23ClN4O2.C20H25ClN4O.C4H11NO/c1-24(2,3)14-16(30)15-29(6)23-21-18(7-8-20(21)31)26-22(27-23)19-13-17(9-10-25-19)32-12-11-28(4)5;1-13-6-7-16-18(13)20(26(5)12-15(27)11-21(2,3)4)25-19(24-16)17-10-14(22)8-9-23-17;2*1-20(2,3)10-13(26)11-25(4)19-17-14(5-6-16(17)27)23-18(24-19)15-9-12(21)7-8-22-15;1-20(2,3)11-14(26)12-25(4)19-15-6-5-7-16(15)23-18(24-19)17-10-13(21)8-9-22-17;1-5(2)3-4-6/h9-10,13,20,31H,7-8,11-12,14-15H2,1-6H3;8-10,13H,6-7,11-12H2,1-5H3;7-9,16,27H,5-6,10-11H2,1-4H3;7-9H,5-6,10-11H2,1-4H3;8-10H,5-7,11-12H2,1-4H3;6H,3-4H2,1-2H3. The lowest BCUT2D eigenvalue weighted by molar-refractivity contribution is -0.120. The number of hydrogen-bond acceptors (Lipinski definition) is 32. The molecule has 36 heteroatoms. The third-order valence-corrected chi connectivity index (χ3v) is 24.6. The number of carbonyl (C=O) groups excluding carboxylic acids is 6. The Bertz CT molecular complexity index is 6070. The van der Waals surface area contributed by atoms with Crippen LogP contribution in [0.5, 0.6) is 5.75 Å². The summed E-state index contributed by atoms with van der Waals surface area (Å²) in [4.78, 5) is 157. The topological polar surface area (TPSA) is 388 Å². The molecule has 5 aliphatic rings. The van der Waals surface area contributed by atoms with E-state index in [1.165, 1.54) is 0 Å². The number of rotatable bonds is 31. The highest BCUT2D eigenvalue weighted by Gasteiger charge is 2.37. The number of pyridine rings is 5. The van der Waals surface area contributed by atoms with Gasteiger partial charge in [-0.05, 0) is 180 Å². The number of carbonyl (C=O) groups is 6. The molecule has 0 radical (unpaired) electrons. The summed E-state index contributed by atoms with van der Waals surface area (Å²) in [6, 6.07) is 17.4. The quantitative estimate of drug-likeness (QED) is 0.0363. The number of anilines is 5. The zero-order valence-corrected chi connectivity index (χ0v) is 92.1. The first-order valence-electron chi connectivity index (χ1n) is 49.5. The summed E-state index contributed by atoms with van der Waals surface area (Å²) in [6.45, 7) is 36.8. The largest absolute Gasteiger partial charge is 0.492 e. The Balaban J connectivity index is 0.000000183. The highest BCUT2D eigenvalue weighted by Crippen LogP contribution is 2.43. The monoisotopic (exact) mass is 2060 g/mol. The molecule has 10 aromatic rings. The van der Waals surface area contributed by atoms with Gasteiger partial charge in [-0.15, -0.1) is 0 Å². The number of aryl methyl sites for hydroxylation is 5. The van der Waals surface area contributed by atoms with Gasteiger partial charge in [-0.3, -0.25) is 53.7 Å². The van der Waals surface area contributed by atoms with Gasteiger partial charge in [-0.2, -0.15) is 0 Å². The van der Waals surface area contributed by atoms with Gasteiger partial charge in [0.25, 0.3) is 0 Å². The fourth-order valence-corrected chi connectivity index (χ4v) is 18.2. The van der Waals surface area contributed by atoms with Crippen molar-refractivity contribution in [3.8, 4) is 63.3 Å². The minimum atomic E-state index is -0.622. The van der Waals surface area contributed by atoms with Gasteiger partial charge < -0.3 is 54.4 Å². The first-order valence-corrected chi connectivity index (χ1v) is 51.0. The molecule has 32 nitrogen and oxygen atoms in total. The van der Waals surface area contributed by atoms with Gasteiger partial charge in [0.05, 0.1) is 79.9 Å². The minimum absolute atomic E-state index is 0.0125. The maximum atomic E-state index is 12.6. The van der Waals surface area contributed by atoms with E-state index >= 15 is 0 Å². The summed E-state index contributed by atoms with van der Waals surface area (Å²) >= 11 is 24.4. The minimum Gasteiger partial charge on any atom is -0.492 e. The third kappa shape index (κ3) is 35.1. The van der Waals surface area contributed by atoms with Crippen molar-refractivity contribution in [2.45, 2.75) is 232 Å². The highest BCUT2D eigenvalue weighted by atomic mass is 35.5. The van der Waals surface area contributed by atoms with E-state index in [9.17, 15) is 39.0 Å². The fourth-order valence-electron chi connectivity index (χ4n) is 17.6. The van der Waals surface area contributed by atoms with Crippen LogP contribution in [-0.4, -0.2) is 257 Å². The molecule has 145 heavy (non-hydrogen) atoms. The molecule has 0 aliphatic heterocycles. The van der Waals surface area contributed by atoms with Crippen LogP contribution in [0.25, 0.3) is 57.6 Å². The Hall–Kier alpha value is -11.1. The Kier molecular flexibility index (Phi) is 40.8. The number of fused-ring (bicyclic) bond motifs is 5. The molecule has 5 aliphatic carbocycles. The number of likely N-dealkylation sites (N-methyl/N-ethyl adjacent to an activating group) is 7. The van der Waals surface area contributed by atoms with Crippen molar-refractivity contribution in [3.05, 3.63) is 168 Å². The van der Waals surface area contributed by atoms with Crippen LogP contribution in [0.3, 0.4) is 0 Å². The van der Waals surface area contributed by atoms with Crippen molar-refractivity contribution in [2.75, 3.05) is 147 Å². The zero-order chi connectivity index (χ0) is 107. The van der Waals surface area contributed by atoms with Gasteiger partial charge >= 0.3 is 0 Å². The van der Waals surface area contributed by atoms with E-state index in [0.717, 1.165) is 96.3 Å². The second-order valence-electron chi connectivity index (χ2n) is 44.7. The normalized spacial score (nSPS) is 14.9. The number of ether oxygens (including phenoxy) is 1. The molecule has 0 bridgehead atoms. The smallest absolute Gasteiger partial charge is 0.180 e. The van der Waals surface area contributed by atoms with E-state index < -0.39 is 12.2 Å². The number of nitrogens with zero attached hydrogens (tertiary/aromatic N) is 22. The number of aromatic nitrogens is 15. The lowest BCUT2D eigenvalue weighted by Crippen LogP contribution is -2.30. The average molecular weight is 2070 g/mol. The molecule has 3 atom stereocenters. The Labute approximate surface area is 875 Å². The van der Waals surface area contributed by atoms with Gasteiger partial charge in [-0.1, -0.05) is 157 Å². The van der Waals surface area contributed by atoms with Crippen LogP contribution in [0.1, 0.15) is 254 Å². The number of aliphatic hydroxyl groups is 3. The summed E-state index contributed by atoms with van der Waals surface area (Å²) in [5, 5.41) is 31.5. The lowest BCUT2D eigenvalue weighted by atomic mass is 9.90. The van der Waals surface area contributed by atoms with Crippen LogP contribution in [0.2, 0.25) is 20.1 Å². The zero-order valence-electron chi connectivity index (χ0n) is 89.1. The van der Waals surface area contributed by atoms with Crippen LogP contribution in [0, 0.1) is 27.1 Å². The van der Waals surface area contributed by atoms with Crippen molar-refractivity contribution in [1.82, 2.24) is 84.6 Å². The van der Waals surface area contributed by atoms with Gasteiger partial charge in [0.15, 0.2) is 63.8 Å². The van der Waals surface area contributed by atoms with Crippen molar-refractivity contribution in [3.63, 3.8) is 0 Å². The molecule has 10 heterocycles. The van der Waals surface area contributed by atoms with E-state index in [1.54, 1.807) is 96.4 Å². The predicted octanol–water partition coefficient (Wildman–Crippen LogP) is 18.6. The molecule has 10 aromatic heterocycles. The molecule has 15 rings (SSSR count). The van der Waals surface area contributed by atoms with Crippen LogP contribution in [-0.2, 0) is 62.5 Å². The number of ketones is 6. The first kappa shape index (κ1) is 116. The molecule has 0 aromatic carbocycles. The number of aliphatic hydroxyl groups excluding tert-OH is 3. The maximum absolute atomic E-state index is 12.6. The van der Waals surface area contributed by atoms with Crippen molar-refractivity contribution >= 4 is 110 Å². The third-order valence-electron chi connectivity index (χ3n) is 23.7. The van der Waals surface area contributed by atoms with Crippen LogP contribution in [0.4, 0.5) is 29.1 Å². The van der Waals surface area contributed by atoms with E-state index in [0.29, 0.717) is 214 Å². The van der Waals surface area contributed by atoms with Crippen LogP contribution >= 0.6 is 46.4 Å². The van der Waals surface area contributed by atoms with Gasteiger partial charge in [0, 0.05) is 172 Å². The van der Waals surface area contributed by atoms with Gasteiger partial charge in [0.1, 0.15) is 69.9 Å². The van der Waals surface area contributed by atoms with Gasteiger partial charge in [-0.25, -0.2) is 49.8 Å². The number of halogens is 4. The fraction of sp³-hybridized carbons (Fsp3) is 0.532. The molecular formula is C109H146Cl4N22O10. The van der Waals surface area contributed by atoms with E-state index in [2.05, 4.69) is 119 Å². The molecule has 3 N–H and O–H groups in total. The van der Waals surface area contributed by atoms with Crippen LogP contribution in [0.15, 0.2) is 91.6 Å². The Morgan fingerprint density at radius 2 is 0.662 bits per heavy atom. The molecule has 0 fully saturated rings. The molecule has 0 spiro atoms. The van der Waals surface area contributed by atoms with E-state index in [-0.39, 0.29) is 88.0 Å². The number of Topliss-reactive ketones (excluding diaryl/α,β-unsaturated/α-hetero) is 6. The van der Waals surface area contributed by atoms with Crippen LogP contribution < -0.4 is 29.2 Å². The summed E-state index contributed by atoms with van der Waals surface area (Å²) in [6.07, 6.45) is 17.9. The van der Waals surface area contributed by atoms with Crippen molar-refractivity contribution in [1.29, 1.82) is 0 Å². The average Bonchev–Trinajstić information content (AvgIpc) is 1.69. The first-order chi connectivity index (χ1) is 67.9. The lowest BCUT2D eigenvalue weighted by Gasteiger charge is -2.24. The molecule has 780 valence electrons. The van der Waals surface area contributed by atoms with Crippen molar-refractivity contribution < 1.29 is 48.8 Å². The van der Waals surface area contributed by atoms with E-state index in [1.807, 2.05) is 130 Å². The molecule has 0 saturated heterocycles. The summed E-state index contributed by atoms with van der Waals surface area (Å²) in [7, 11) is 17.2. The van der Waals surface area contributed by atoms with Gasteiger partial charge in [0.2, 0.25) is 0 Å². The SMILES string of the molecule is CC1CCc2nc(-c3cc(Cl)ccn3)nc(N(C)CC(=O)CC(C)(C)C)c21.CN(C)CCO.CN(C)CCOc1ccnc(-c2nc3c(c(N(C)CC(=O)CC(C)(C)C)n2)C(O)CC3)c1.CN(CC(=O)CC(C)(C)C)c1nc(-c2cc(Cl)ccn2)nc2c1C(=O)CC2.CN(CC(=O)CC(C)(C)C)c1nc(-c2cc(Cl)ccn2)nc2c1C(O)CC2.CN(CC(=O)CC(C)(C)C)c1nc(-c2cc(Cl)ccn2)nc2c1CCC2. The summed E-state index contributed by atoms with van der Waals surface area (Å²) < 4.78 is 5.83.